The molecular weight excluding hydrogens is 220 g/mol. The van der Waals surface area contributed by atoms with Crippen molar-refractivity contribution in [2.45, 2.75) is 44.6 Å². The van der Waals surface area contributed by atoms with Crippen LogP contribution in [0, 0.1) is 5.92 Å². The number of amides is 1. The molecular formula is C12H24N2OS. The van der Waals surface area contributed by atoms with Gasteiger partial charge in [-0.05, 0) is 19.1 Å². The van der Waals surface area contributed by atoms with E-state index in [1.165, 1.54) is 19.3 Å². The van der Waals surface area contributed by atoms with Crippen molar-refractivity contribution in [2.24, 2.45) is 11.7 Å². The lowest BCUT2D eigenvalue weighted by Crippen LogP contribution is -2.52. The third-order valence-electron chi connectivity index (χ3n) is 3.33. The van der Waals surface area contributed by atoms with Crippen LogP contribution < -0.4 is 11.1 Å². The Morgan fingerprint density at radius 1 is 1.44 bits per heavy atom. The summed E-state index contributed by atoms with van der Waals surface area (Å²) in [5, 5.41) is 3.00. The Bertz CT molecular complexity index is 227. The quantitative estimate of drug-likeness (QED) is 0.775. The Balaban J connectivity index is 2.29. The van der Waals surface area contributed by atoms with Crippen LogP contribution in [0.3, 0.4) is 0 Å². The molecule has 0 radical (unpaired) electrons. The fraction of sp³-hybridized carbons (Fsp3) is 0.917. The summed E-state index contributed by atoms with van der Waals surface area (Å²) in [5.74, 6) is 1.11. The molecule has 1 rings (SSSR count). The number of rotatable bonds is 5. The summed E-state index contributed by atoms with van der Waals surface area (Å²) < 4.78 is 0. The first-order valence-electron chi connectivity index (χ1n) is 6.13. The number of nitrogens with two attached hydrogens (primary N) is 1. The number of hydrogen-bond acceptors (Lipinski definition) is 3. The number of carbonyl (C=O) groups excluding carboxylic acids is 1. The van der Waals surface area contributed by atoms with Crippen LogP contribution in [0.4, 0.5) is 0 Å². The third-order valence-corrected chi connectivity index (χ3v) is 4.16. The first-order chi connectivity index (χ1) is 7.57. The van der Waals surface area contributed by atoms with Crippen molar-refractivity contribution in [3.8, 4) is 0 Å². The van der Waals surface area contributed by atoms with E-state index in [0.29, 0.717) is 6.54 Å². The van der Waals surface area contributed by atoms with E-state index in [1.54, 1.807) is 11.8 Å². The summed E-state index contributed by atoms with van der Waals surface area (Å²) >= 11 is 1.71. The Morgan fingerprint density at radius 3 is 2.62 bits per heavy atom. The predicted octanol–water partition coefficient (Wildman–Crippen LogP) is 1.76. The molecule has 1 atom stereocenters. The first-order valence-corrected chi connectivity index (χ1v) is 7.52. The van der Waals surface area contributed by atoms with Gasteiger partial charge >= 0.3 is 0 Å². The van der Waals surface area contributed by atoms with Crippen LogP contribution >= 0.6 is 11.8 Å². The SMILES string of the molecule is CSCC(C)C(=O)NCC1(N)CCCCC1. The lowest BCUT2D eigenvalue weighted by Gasteiger charge is -2.33. The number of nitrogens with one attached hydrogen (secondary N) is 1. The molecule has 1 aliphatic carbocycles. The van der Waals surface area contributed by atoms with Crippen molar-refractivity contribution >= 4 is 17.7 Å². The topological polar surface area (TPSA) is 55.1 Å². The van der Waals surface area contributed by atoms with E-state index in [4.69, 9.17) is 5.73 Å². The van der Waals surface area contributed by atoms with Crippen LogP contribution in [0.25, 0.3) is 0 Å². The van der Waals surface area contributed by atoms with Gasteiger partial charge in [-0.3, -0.25) is 4.79 Å². The van der Waals surface area contributed by atoms with Gasteiger partial charge in [0, 0.05) is 23.8 Å². The molecule has 3 nitrogen and oxygen atoms in total. The summed E-state index contributed by atoms with van der Waals surface area (Å²) in [6.45, 7) is 2.61. The molecule has 94 valence electrons. The van der Waals surface area contributed by atoms with Gasteiger partial charge in [0.05, 0.1) is 0 Å². The van der Waals surface area contributed by atoms with Crippen molar-refractivity contribution in [3.63, 3.8) is 0 Å². The molecule has 1 aliphatic rings. The van der Waals surface area contributed by atoms with Gasteiger partial charge in [-0.15, -0.1) is 0 Å². The highest BCUT2D eigenvalue weighted by atomic mass is 32.2. The minimum absolute atomic E-state index is 0.0854. The molecule has 0 aromatic carbocycles. The van der Waals surface area contributed by atoms with Gasteiger partial charge in [0.2, 0.25) is 5.91 Å². The lowest BCUT2D eigenvalue weighted by atomic mass is 9.82. The molecule has 4 heteroatoms. The smallest absolute Gasteiger partial charge is 0.223 e. The van der Waals surface area contributed by atoms with Crippen LogP contribution in [0.2, 0.25) is 0 Å². The molecule has 1 saturated carbocycles. The Hall–Kier alpha value is -0.220. The van der Waals surface area contributed by atoms with Gasteiger partial charge in [-0.2, -0.15) is 11.8 Å². The average molecular weight is 244 g/mol. The summed E-state index contributed by atoms with van der Waals surface area (Å²) in [4.78, 5) is 11.7. The van der Waals surface area contributed by atoms with E-state index in [0.717, 1.165) is 18.6 Å². The van der Waals surface area contributed by atoms with E-state index in [1.807, 2.05) is 13.2 Å². The molecule has 0 aliphatic heterocycles. The van der Waals surface area contributed by atoms with Crippen LogP contribution in [0.5, 0.6) is 0 Å². The normalized spacial score (nSPS) is 21.4. The van der Waals surface area contributed by atoms with Crippen molar-refractivity contribution in [3.05, 3.63) is 0 Å². The van der Waals surface area contributed by atoms with Gasteiger partial charge in [0.15, 0.2) is 0 Å². The molecule has 0 aromatic heterocycles. The fourth-order valence-electron chi connectivity index (χ4n) is 2.20. The average Bonchev–Trinajstić information content (AvgIpc) is 2.27. The van der Waals surface area contributed by atoms with Crippen molar-refractivity contribution in [1.82, 2.24) is 5.32 Å². The molecule has 16 heavy (non-hydrogen) atoms. The summed E-state index contributed by atoms with van der Waals surface area (Å²) in [6.07, 6.45) is 7.80. The Labute approximate surface area is 103 Å². The molecule has 3 N–H and O–H groups in total. The van der Waals surface area contributed by atoms with E-state index < -0.39 is 0 Å². The second-order valence-corrected chi connectivity index (χ2v) is 5.91. The first kappa shape index (κ1) is 13.8. The molecule has 0 spiro atoms. The minimum Gasteiger partial charge on any atom is -0.354 e. The standard InChI is InChI=1S/C12H24N2OS/c1-10(8-16-2)11(15)14-9-12(13)6-4-3-5-7-12/h10H,3-9,13H2,1-2H3,(H,14,15). The molecule has 0 aromatic rings. The molecule has 0 bridgehead atoms. The van der Waals surface area contributed by atoms with Gasteiger partial charge in [-0.25, -0.2) is 0 Å². The van der Waals surface area contributed by atoms with Crippen LogP contribution in [0.1, 0.15) is 39.0 Å². The van der Waals surface area contributed by atoms with E-state index in [-0.39, 0.29) is 17.4 Å². The van der Waals surface area contributed by atoms with E-state index in [2.05, 4.69) is 5.32 Å². The van der Waals surface area contributed by atoms with Gasteiger partial charge in [-0.1, -0.05) is 26.2 Å². The monoisotopic (exact) mass is 244 g/mol. The van der Waals surface area contributed by atoms with E-state index >= 15 is 0 Å². The van der Waals surface area contributed by atoms with Crippen LogP contribution in [-0.2, 0) is 4.79 Å². The van der Waals surface area contributed by atoms with Crippen molar-refractivity contribution in [2.75, 3.05) is 18.6 Å². The number of thioether (sulfide) groups is 1. The van der Waals surface area contributed by atoms with E-state index in [9.17, 15) is 4.79 Å². The zero-order valence-electron chi connectivity index (χ0n) is 10.4. The second-order valence-electron chi connectivity index (χ2n) is 5.00. The maximum Gasteiger partial charge on any atom is 0.223 e. The maximum atomic E-state index is 11.7. The summed E-state index contributed by atoms with van der Waals surface area (Å²) in [7, 11) is 0. The Kier molecular flexibility index (Phi) is 5.62. The minimum atomic E-state index is -0.146. The zero-order chi connectivity index (χ0) is 12.0. The summed E-state index contributed by atoms with van der Waals surface area (Å²) in [6, 6.07) is 0. The maximum absolute atomic E-state index is 11.7. The van der Waals surface area contributed by atoms with Crippen LogP contribution in [-0.4, -0.2) is 30.0 Å². The molecule has 1 unspecified atom stereocenters. The van der Waals surface area contributed by atoms with Gasteiger partial charge in [0.1, 0.15) is 0 Å². The number of carbonyl (C=O) groups is 1. The third kappa shape index (κ3) is 4.34. The molecule has 1 amide bonds. The van der Waals surface area contributed by atoms with Crippen molar-refractivity contribution < 1.29 is 4.79 Å². The molecule has 1 fully saturated rings. The second kappa shape index (κ2) is 6.50. The Morgan fingerprint density at radius 2 is 2.06 bits per heavy atom. The van der Waals surface area contributed by atoms with Gasteiger partial charge < -0.3 is 11.1 Å². The molecule has 0 saturated heterocycles. The molecule has 0 heterocycles. The highest BCUT2D eigenvalue weighted by Crippen LogP contribution is 2.25. The predicted molar refractivity (Wildman–Crippen MR) is 70.6 cm³/mol. The number of hydrogen-bond donors (Lipinski definition) is 2. The highest BCUT2D eigenvalue weighted by molar-refractivity contribution is 7.98. The lowest BCUT2D eigenvalue weighted by molar-refractivity contribution is -0.124. The highest BCUT2D eigenvalue weighted by Gasteiger charge is 2.28. The fourth-order valence-corrected chi connectivity index (χ4v) is 2.85. The summed E-state index contributed by atoms with van der Waals surface area (Å²) in [5.41, 5.74) is 6.12. The largest absolute Gasteiger partial charge is 0.354 e. The van der Waals surface area contributed by atoms with Gasteiger partial charge in [0.25, 0.3) is 0 Å². The zero-order valence-corrected chi connectivity index (χ0v) is 11.2. The van der Waals surface area contributed by atoms with Crippen LogP contribution in [0.15, 0.2) is 0 Å². The van der Waals surface area contributed by atoms with Crippen molar-refractivity contribution in [1.29, 1.82) is 0 Å².